The van der Waals surface area contributed by atoms with Gasteiger partial charge in [-0.3, -0.25) is 9.89 Å². The number of aryl methyl sites for hydroxylation is 1. The molecule has 7 nitrogen and oxygen atoms in total. The molecule has 0 bridgehead atoms. The minimum Gasteiger partial charge on any atom is -0.381 e. The summed E-state index contributed by atoms with van der Waals surface area (Å²) in [5.41, 5.74) is 2.61. The maximum absolute atomic E-state index is 5.89. The van der Waals surface area contributed by atoms with E-state index in [0.29, 0.717) is 5.92 Å². The summed E-state index contributed by atoms with van der Waals surface area (Å²) < 4.78 is 16.9. The molecular formula is C25H42N4O3. The second-order valence-electron chi connectivity index (χ2n) is 8.71. The van der Waals surface area contributed by atoms with Gasteiger partial charge in [0.25, 0.3) is 0 Å². The lowest BCUT2D eigenvalue weighted by Gasteiger charge is -2.34. The lowest BCUT2D eigenvalue weighted by atomic mass is 10.0. The van der Waals surface area contributed by atoms with Gasteiger partial charge in [0, 0.05) is 52.6 Å². The number of nitrogens with one attached hydrogen (secondary N) is 2. The van der Waals surface area contributed by atoms with E-state index in [2.05, 4.69) is 53.6 Å². The van der Waals surface area contributed by atoms with Crippen molar-refractivity contribution >= 4 is 5.96 Å². The van der Waals surface area contributed by atoms with Crippen LogP contribution in [0.25, 0.3) is 0 Å². The van der Waals surface area contributed by atoms with Gasteiger partial charge in [-0.25, -0.2) is 0 Å². The van der Waals surface area contributed by atoms with E-state index in [1.54, 1.807) is 0 Å². The van der Waals surface area contributed by atoms with Crippen LogP contribution in [0.15, 0.2) is 29.3 Å². The van der Waals surface area contributed by atoms with Gasteiger partial charge in [-0.05, 0) is 44.6 Å². The summed E-state index contributed by atoms with van der Waals surface area (Å²) in [5.74, 6) is 1.54. The van der Waals surface area contributed by atoms with Crippen LogP contribution in [0.3, 0.4) is 0 Å². The van der Waals surface area contributed by atoms with E-state index in [1.165, 1.54) is 11.1 Å². The Morgan fingerprint density at radius 3 is 2.69 bits per heavy atom. The van der Waals surface area contributed by atoms with Crippen LogP contribution in [0.2, 0.25) is 0 Å². The van der Waals surface area contributed by atoms with E-state index >= 15 is 0 Å². The Labute approximate surface area is 193 Å². The summed E-state index contributed by atoms with van der Waals surface area (Å²) >= 11 is 0. The third kappa shape index (κ3) is 8.70. The number of guanidine groups is 1. The second kappa shape index (κ2) is 14.5. The molecule has 2 heterocycles. The maximum atomic E-state index is 5.89. The SMILES string of the molecule is CCNC(=NCC(c1cccc(C)c1)N1CCOCC1)NCCCOCC1CCOCC1. The Balaban J connectivity index is 1.48. The number of ether oxygens (including phenoxy) is 3. The lowest BCUT2D eigenvalue weighted by molar-refractivity contribution is 0.0179. The highest BCUT2D eigenvalue weighted by Gasteiger charge is 2.22. The van der Waals surface area contributed by atoms with Crippen LogP contribution in [0.4, 0.5) is 0 Å². The van der Waals surface area contributed by atoms with Crippen LogP contribution in [0.1, 0.15) is 43.4 Å². The minimum absolute atomic E-state index is 0.261. The predicted molar refractivity (Wildman–Crippen MR) is 129 cm³/mol. The molecule has 0 spiro atoms. The van der Waals surface area contributed by atoms with E-state index < -0.39 is 0 Å². The molecule has 2 fully saturated rings. The maximum Gasteiger partial charge on any atom is 0.191 e. The fraction of sp³-hybridized carbons (Fsp3) is 0.720. The molecule has 1 aromatic rings. The molecule has 3 rings (SSSR count). The Morgan fingerprint density at radius 1 is 1.16 bits per heavy atom. The summed E-state index contributed by atoms with van der Waals surface area (Å²) in [6.07, 6.45) is 3.22. The average molecular weight is 447 g/mol. The van der Waals surface area contributed by atoms with E-state index in [-0.39, 0.29) is 6.04 Å². The average Bonchev–Trinajstić information content (AvgIpc) is 2.83. The molecular weight excluding hydrogens is 404 g/mol. The molecule has 1 atom stereocenters. The van der Waals surface area contributed by atoms with Gasteiger partial charge in [0.1, 0.15) is 0 Å². The third-order valence-electron chi connectivity index (χ3n) is 6.13. The van der Waals surface area contributed by atoms with E-state index in [1.807, 2.05) is 0 Å². The zero-order chi connectivity index (χ0) is 22.4. The molecule has 1 aromatic carbocycles. The smallest absolute Gasteiger partial charge is 0.191 e. The van der Waals surface area contributed by atoms with Gasteiger partial charge in [0.05, 0.1) is 25.8 Å². The second-order valence-corrected chi connectivity index (χ2v) is 8.71. The molecule has 32 heavy (non-hydrogen) atoms. The van der Waals surface area contributed by atoms with Gasteiger partial charge in [0.15, 0.2) is 5.96 Å². The molecule has 0 amide bonds. The first kappa shape index (κ1) is 25.0. The molecule has 2 N–H and O–H groups in total. The number of hydrogen-bond acceptors (Lipinski definition) is 5. The van der Waals surface area contributed by atoms with E-state index in [9.17, 15) is 0 Å². The molecule has 1 unspecified atom stereocenters. The summed E-state index contributed by atoms with van der Waals surface area (Å²) in [6, 6.07) is 9.06. The van der Waals surface area contributed by atoms with Crippen molar-refractivity contribution in [3.63, 3.8) is 0 Å². The van der Waals surface area contributed by atoms with Gasteiger partial charge in [-0.1, -0.05) is 29.8 Å². The molecule has 0 radical (unpaired) electrons. The number of aliphatic imine (C=N–C) groups is 1. The third-order valence-corrected chi connectivity index (χ3v) is 6.13. The molecule has 0 saturated carbocycles. The zero-order valence-corrected chi connectivity index (χ0v) is 20.0. The van der Waals surface area contributed by atoms with Gasteiger partial charge < -0.3 is 24.8 Å². The van der Waals surface area contributed by atoms with E-state index in [4.69, 9.17) is 19.2 Å². The van der Waals surface area contributed by atoms with Crippen LogP contribution in [0, 0.1) is 12.8 Å². The van der Waals surface area contributed by atoms with Gasteiger partial charge >= 0.3 is 0 Å². The Morgan fingerprint density at radius 2 is 1.94 bits per heavy atom. The first-order chi connectivity index (χ1) is 15.8. The number of morpholine rings is 1. The molecule has 0 aliphatic carbocycles. The predicted octanol–water partition coefficient (Wildman–Crippen LogP) is 2.76. The van der Waals surface area contributed by atoms with Crippen LogP contribution in [0.5, 0.6) is 0 Å². The van der Waals surface area contributed by atoms with Gasteiger partial charge in [-0.2, -0.15) is 0 Å². The Hall–Kier alpha value is -1.67. The van der Waals surface area contributed by atoms with Crippen LogP contribution in [-0.2, 0) is 14.2 Å². The molecule has 180 valence electrons. The summed E-state index contributed by atoms with van der Waals surface area (Å²) in [5, 5.41) is 6.86. The largest absolute Gasteiger partial charge is 0.381 e. The van der Waals surface area contributed by atoms with Crippen molar-refractivity contribution < 1.29 is 14.2 Å². The molecule has 2 aliphatic rings. The quantitative estimate of drug-likeness (QED) is 0.310. The topological polar surface area (TPSA) is 67.4 Å². The standard InChI is InChI=1S/C25H42N4O3/c1-3-26-25(27-10-5-13-32-20-22-8-14-30-15-9-22)28-19-24(29-11-16-31-17-12-29)23-7-4-6-21(2)18-23/h4,6-7,18,22,24H,3,5,8-17,19-20H2,1-2H3,(H2,26,27,28). The number of rotatable bonds is 11. The highest BCUT2D eigenvalue weighted by Crippen LogP contribution is 2.23. The van der Waals surface area contributed by atoms with Crippen molar-refractivity contribution in [3.05, 3.63) is 35.4 Å². The number of hydrogen-bond donors (Lipinski definition) is 2. The lowest BCUT2D eigenvalue weighted by Crippen LogP contribution is -2.42. The first-order valence-electron chi connectivity index (χ1n) is 12.3. The summed E-state index contributed by atoms with van der Waals surface area (Å²) in [6.45, 7) is 13.6. The number of benzene rings is 1. The number of nitrogens with zero attached hydrogens (tertiary/aromatic N) is 2. The molecule has 2 aliphatic heterocycles. The minimum atomic E-state index is 0.261. The normalized spacial score (nSPS) is 19.6. The van der Waals surface area contributed by atoms with Crippen LogP contribution in [-0.4, -0.2) is 83.2 Å². The molecule has 2 saturated heterocycles. The van der Waals surface area contributed by atoms with Crippen molar-refractivity contribution in [2.24, 2.45) is 10.9 Å². The Kier molecular flexibility index (Phi) is 11.3. The fourth-order valence-electron chi connectivity index (χ4n) is 4.26. The zero-order valence-electron chi connectivity index (χ0n) is 20.0. The first-order valence-corrected chi connectivity index (χ1v) is 12.3. The van der Waals surface area contributed by atoms with Crippen LogP contribution >= 0.6 is 0 Å². The highest BCUT2D eigenvalue weighted by molar-refractivity contribution is 5.79. The summed E-state index contributed by atoms with van der Waals surface area (Å²) in [7, 11) is 0. The van der Waals surface area contributed by atoms with Crippen molar-refractivity contribution in [2.75, 3.05) is 72.4 Å². The monoisotopic (exact) mass is 446 g/mol. The highest BCUT2D eigenvalue weighted by atomic mass is 16.5. The van der Waals surface area contributed by atoms with Crippen molar-refractivity contribution in [1.82, 2.24) is 15.5 Å². The fourth-order valence-corrected chi connectivity index (χ4v) is 4.26. The van der Waals surface area contributed by atoms with E-state index in [0.717, 1.165) is 97.6 Å². The molecule has 7 heteroatoms. The van der Waals surface area contributed by atoms with Crippen molar-refractivity contribution in [2.45, 2.75) is 39.2 Å². The molecule has 0 aromatic heterocycles. The Bertz CT molecular complexity index is 673. The van der Waals surface area contributed by atoms with Crippen molar-refractivity contribution in [3.8, 4) is 0 Å². The van der Waals surface area contributed by atoms with Crippen LogP contribution < -0.4 is 10.6 Å². The van der Waals surface area contributed by atoms with Crippen molar-refractivity contribution in [1.29, 1.82) is 0 Å². The summed E-state index contributed by atoms with van der Waals surface area (Å²) in [4.78, 5) is 7.44. The van der Waals surface area contributed by atoms with Gasteiger partial charge in [0.2, 0.25) is 0 Å². The van der Waals surface area contributed by atoms with Gasteiger partial charge in [-0.15, -0.1) is 0 Å².